The molecule has 0 radical (unpaired) electrons. The Morgan fingerprint density at radius 2 is 2.14 bits per heavy atom. The summed E-state index contributed by atoms with van der Waals surface area (Å²) in [5.41, 5.74) is 5.84. The SMILES string of the molecule is Cc1c(CCCF)ccc2c1CCC2. The van der Waals surface area contributed by atoms with Crippen LogP contribution in [0.2, 0.25) is 0 Å². The molecule has 0 N–H and O–H groups in total. The normalized spacial score (nSPS) is 14.4. The lowest BCUT2D eigenvalue weighted by Crippen LogP contribution is -1.96. The van der Waals surface area contributed by atoms with E-state index in [0.717, 1.165) is 6.42 Å². The molecule has 0 unspecified atom stereocenters. The third-order valence-corrected chi connectivity index (χ3v) is 3.26. The van der Waals surface area contributed by atoms with Crippen LogP contribution >= 0.6 is 0 Å². The highest BCUT2D eigenvalue weighted by Gasteiger charge is 2.14. The summed E-state index contributed by atoms with van der Waals surface area (Å²) < 4.78 is 12.1. The summed E-state index contributed by atoms with van der Waals surface area (Å²) in [5.74, 6) is 0. The lowest BCUT2D eigenvalue weighted by atomic mass is 9.96. The third-order valence-electron chi connectivity index (χ3n) is 3.26. The van der Waals surface area contributed by atoms with Gasteiger partial charge in [0, 0.05) is 0 Å². The van der Waals surface area contributed by atoms with Gasteiger partial charge >= 0.3 is 0 Å². The number of aryl methyl sites for hydroxylation is 2. The van der Waals surface area contributed by atoms with E-state index in [2.05, 4.69) is 19.1 Å². The first-order chi connectivity index (χ1) is 6.83. The summed E-state index contributed by atoms with van der Waals surface area (Å²) in [7, 11) is 0. The van der Waals surface area contributed by atoms with Gasteiger partial charge in [-0.1, -0.05) is 12.1 Å². The molecule has 0 heterocycles. The van der Waals surface area contributed by atoms with Crippen molar-refractivity contribution in [1.82, 2.24) is 0 Å². The minimum atomic E-state index is -0.198. The minimum absolute atomic E-state index is 0.198. The smallest absolute Gasteiger partial charge is 0.0897 e. The predicted octanol–water partition coefficient (Wildman–Crippen LogP) is 3.39. The Balaban J connectivity index is 2.26. The lowest BCUT2D eigenvalue weighted by Gasteiger charge is -2.10. The zero-order valence-corrected chi connectivity index (χ0v) is 8.78. The molecule has 1 aliphatic carbocycles. The molecule has 0 amide bonds. The van der Waals surface area contributed by atoms with Crippen LogP contribution in [0.4, 0.5) is 4.39 Å². The molecule has 1 aliphatic rings. The van der Waals surface area contributed by atoms with Gasteiger partial charge in [-0.3, -0.25) is 4.39 Å². The lowest BCUT2D eigenvalue weighted by molar-refractivity contribution is 0.472. The first kappa shape index (κ1) is 9.70. The molecule has 0 bridgehead atoms. The summed E-state index contributed by atoms with van der Waals surface area (Å²) in [4.78, 5) is 0. The summed E-state index contributed by atoms with van der Waals surface area (Å²) in [5, 5.41) is 0. The van der Waals surface area contributed by atoms with Gasteiger partial charge in [-0.05, 0) is 61.3 Å². The maximum absolute atomic E-state index is 12.1. The molecule has 0 aromatic heterocycles. The number of benzene rings is 1. The number of halogens is 1. The van der Waals surface area contributed by atoms with Crippen molar-refractivity contribution in [1.29, 1.82) is 0 Å². The molecule has 0 fully saturated rings. The van der Waals surface area contributed by atoms with Gasteiger partial charge in [-0.2, -0.15) is 0 Å². The largest absolute Gasteiger partial charge is 0.251 e. The van der Waals surface area contributed by atoms with Gasteiger partial charge < -0.3 is 0 Å². The second-order valence-corrected chi connectivity index (χ2v) is 4.13. The Morgan fingerprint density at radius 3 is 2.93 bits per heavy atom. The first-order valence-corrected chi connectivity index (χ1v) is 5.49. The van der Waals surface area contributed by atoms with Crippen LogP contribution in [0.3, 0.4) is 0 Å². The third kappa shape index (κ3) is 1.68. The number of rotatable bonds is 3. The molecule has 2 rings (SSSR count). The average molecular weight is 192 g/mol. The van der Waals surface area contributed by atoms with Gasteiger partial charge in [-0.25, -0.2) is 0 Å². The van der Waals surface area contributed by atoms with Crippen molar-refractivity contribution in [2.45, 2.75) is 39.0 Å². The van der Waals surface area contributed by atoms with Crippen LogP contribution in [0.1, 0.15) is 35.1 Å². The van der Waals surface area contributed by atoms with Crippen LogP contribution in [0.25, 0.3) is 0 Å². The molecule has 0 aliphatic heterocycles. The van der Waals surface area contributed by atoms with Crippen LogP contribution in [-0.2, 0) is 19.3 Å². The van der Waals surface area contributed by atoms with E-state index in [-0.39, 0.29) is 6.67 Å². The molecular formula is C13H17F. The maximum Gasteiger partial charge on any atom is 0.0897 e. The van der Waals surface area contributed by atoms with Crippen molar-refractivity contribution in [2.24, 2.45) is 0 Å². The summed E-state index contributed by atoms with van der Waals surface area (Å²) in [6.45, 7) is 1.99. The highest BCUT2D eigenvalue weighted by Crippen LogP contribution is 2.27. The van der Waals surface area contributed by atoms with Gasteiger partial charge in [0.2, 0.25) is 0 Å². The monoisotopic (exact) mass is 192 g/mol. The summed E-state index contributed by atoms with van der Waals surface area (Å²) >= 11 is 0. The fourth-order valence-corrected chi connectivity index (χ4v) is 2.43. The molecule has 0 spiro atoms. The maximum atomic E-state index is 12.1. The van der Waals surface area contributed by atoms with Crippen molar-refractivity contribution >= 4 is 0 Å². The first-order valence-electron chi connectivity index (χ1n) is 5.49. The predicted molar refractivity (Wildman–Crippen MR) is 57.5 cm³/mol. The number of hydrogen-bond acceptors (Lipinski definition) is 0. The van der Waals surface area contributed by atoms with Gasteiger partial charge in [0.15, 0.2) is 0 Å². The molecule has 1 aromatic carbocycles. The summed E-state index contributed by atoms with van der Waals surface area (Å²) in [6.07, 6.45) is 5.32. The standard InChI is InChI=1S/C13H17F/c1-10-11(5-3-9-14)7-8-12-4-2-6-13(10)12/h7-8H,2-6,9H2,1H3. The van der Waals surface area contributed by atoms with Crippen LogP contribution in [0.15, 0.2) is 12.1 Å². The zero-order chi connectivity index (χ0) is 9.97. The quantitative estimate of drug-likeness (QED) is 0.688. The van der Waals surface area contributed by atoms with Crippen molar-refractivity contribution in [3.63, 3.8) is 0 Å². The molecule has 0 atom stereocenters. The molecule has 0 saturated carbocycles. The van der Waals surface area contributed by atoms with E-state index < -0.39 is 0 Å². The Labute approximate surface area is 85.1 Å². The second-order valence-electron chi connectivity index (χ2n) is 4.13. The molecule has 14 heavy (non-hydrogen) atoms. The fraction of sp³-hybridized carbons (Fsp3) is 0.538. The van der Waals surface area contributed by atoms with Crippen LogP contribution in [0.5, 0.6) is 0 Å². The van der Waals surface area contributed by atoms with Crippen molar-refractivity contribution < 1.29 is 4.39 Å². The average Bonchev–Trinajstić information content (AvgIpc) is 2.66. The summed E-state index contributed by atoms with van der Waals surface area (Å²) in [6, 6.07) is 4.43. The van der Waals surface area contributed by atoms with Crippen LogP contribution in [0, 0.1) is 6.92 Å². The number of alkyl halides is 1. The van der Waals surface area contributed by atoms with E-state index in [1.807, 2.05) is 0 Å². The van der Waals surface area contributed by atoms with Crippen LogP contribution < -0.4 is 0 Å². The van der Waals surface area contributed by atoms with E-state index in [1.165, 1.54) is 36.0 Å². The fourth-order valence-electron chi connectivity index (χ4n) is 2.43. The Kier molecular flexibility index (Phi) is 2.85. The Morgan fingerprint density at radius 1 is 1.29 bits per heavy atom. The van der Waals surface area contributed by atoms with E-state index in [0.29, 0.717) is 6.42 Å². The molecule has 0 nitrogen and oxygen atoms in total. The van der Waals surface area contributed by atoms with E-state index in [4.69, 9.17) is 0 Å². The van der Waals surface area contributed by atoms with Gasteiger partial charge in [0.1, 0.15) is 0 Å². The zero-order valence-electron chi connectivity index (χ0n) is 8.78. The van der Waals surface area contributed by atoms with E-state index >= 15 is 0 Å². The van der Waals surface area contributed by atoms with Crippen molar-refractivity contribution in [2.75, 3.05) is 6.67 Å². The molecular weight excluding hydrogens is 175 g/mol. The number of fused-ring (bicyclic) bond motifs is 1. The molecule has 0 saturated heterocycles. The minimum Gasteiger partial charge on any atom is -0.251 e. The van der Waals surface area contributed by atoms with Crippen molar-refractivity contribution in [3.05, 3.63) is 34.4 Å². The Hall–Kier alpha value is -0.850. The molecule has 1 heteroatoms. The van der Waals surface area contributed by atoms with E-state index in [9.17, 15) is 4.39 Å². The van der Waals surface area contributed by atoms with Crippen molar-refractivity contribution in [3.8, 4) is 0 Å². The highest BCUT2D eigenvalue weighted by atomic mass is 19.1. The topological polar surface area (TPSA) is 0 Å². The van der Waals surface area contributed by atoms with E-state index in [1.54, 1.807) is 5.56 Å². The molecule has 76 valence electrons. The highest BCUT2D eigenvalue weighted by molar-refractivity contribution is 5.42. The Bertz CT molecular complexity index is 328. The molecule has 1 aromatic rings. The van der Waals surface area contributed by atoms with Gasteiger partial charge in [0.25, 0.3) is 0 Å². The van der Waals surface area contributed by atoms with Crippen LogP contribution in [-0.4, -0.2) is 6.67 Å². The second kappa shape index (κ2) is 4.12. The number of hydrogen-bond donors (Lipinski definition) is 0. The van der Waals surface area contributed by atoms with Gasteiger partial charge in [0.05, 0.1) is 6.67 Å². The van der Waals surface area contributed by atoms with Gasteiger partial charge in [-0.15, -0.1) is 0 Å².